The minimum Gasteiger partial charge on any atom is -0.496 e. The predicted molar refractivity (Wildman–Crippen MR) is 128 cm³/mol. The Morgan fingerprint density at radius 2 is 1.97 bits per heavy atom. The van der Waals surface area contributed by atoms with E-state index in [4.69, 9.17) is 22.1 Å². The van der Waals surface area contributed by atoms with Crippen LogP contribution in [0.5, 0.6) is 5.75 Å². The molecule has 0 bridgehead atoms. The molecule has 2 N–H and O–H groups in total. The maximum absolute atomic E-state index is 12.2. The summed E-state index contributed by atoms with van der Waals surface area (Å²) < 4.78 is 7.64. The fourth-order valence-corrected chi connectivity index (χ4v) is 4.03. The third-order valence-corrected chi connectivity index (χ3v) is 6.02. The van der Waals surface area contributed by atoms with E-state index in [-0.39, 0.29) is 11.9 Å². The lowest BCUT2D eigenvalue weighted by Gasteiger charge is -2.22. The number of methoxy groups -OCH3 is 1. The highest BCUT2D eigenvalue weighted by Crippen LogP contribution is 2.43. The van der Waals surface area contributed by atoms with Gasteiger partial charge in [0.25, 0.3) is 5.91 Å². The minimum atomic E-state index is -0.272. The molecule has 0 spiro atoms. The number of pyridine rings is 1. The van der Waals surface area contributed by atoms with Gasteiger partial charge in [-0.25, -0.2) is 14.6 Å². The average molecular weight is 466 g/mol. The topological polar surface area (TPSA) is 112 Å². The van der Waals surface area contributed by atoms with Crippen LogP contribution in [0.1, 0.15) is 34.6 Å². The SMILES string of the molecule is COc1c(C(C)n2ncc3c(N)ncnc32)cc(Cl)c(C)c1-c1ccc(C(=O)N(C)C)nc1. The van der Waals surface area contributed by atoms with Crippen LogP contribution in [0.3, 0.4) is 0 Å². The normalized spacial score (nSPS) is 12.1. The molecule has 1 aromatic carbocycles. The van der Waals surface area contributed by atoms with Gasteiger partial charge in [-0.2, -0.15) is 5.10 Å². The Morgan fingerprint density at radius 1 is 1.21 bits per heavy atom. The molecule has 0 fully saturated rings. The van der Waals surface area contributed by atoms with Gasteiger partial charge in [0.1, 0.15) is 23.6 Å². The molecule has 4 aromatic rings. The Labute approximate surface area is 196 Å². The van der Waals surface area contributed by atoms with Crippen molar-refractivity contribution in [1.29, 1.82) is 0 Å². The zero-order valence-corrected chi connectivity index (χ0v) is 19.8. The molecular formula is C23H24ClN7O2. The number of anilines is 1. The first-order valence-electron chi connectivity index (χ1n) is 10.2. The fourth-order valence-electron chi connectivity index (χ4n) is 3.82. The number of rotatable bonds is 5. The summed E-state index contributed by atoms with van der Waals surface area (Å²) in [5.41, 5.74) is 10.2. The first kappa shape index (κ1) is 22.5. The van der Waals surface area contributed by atoms with Gasteiger partial charge in [-0.3, -0.25) is 9.78 Å². The number of carbonyl (C=O) groups excluding carboxylic acids is 1. The number of nitrogens with zero attached hydrogens (tertiary/aromatic N) is 6. The zero-order valence-electron chi connectivity index (χ0n) is 19.0. The molecule has 4 rings (SSSR count). The maximum Gasteiger partial charge on any atom is 0.271 e. The van der Waals surface area contributed by atoms with Gasteiger partial charge in [0.2, 0.25) is 0 Å². The summed E-state index contributed by atoms with van der Waals surface area (Å²) >= 11 is 6.66. The Balaban J connectivity index is 1.86. The lowest BCUT2D eigenvalue weighted by atomic mass is 9.94. The van der Waals surface area contributed by atoms with Gasteiger partial charge in [0.05, 0.1) is 24.7 Å². The van der Waals surface area contributed by atoms with Gasteiger partial charge in [0, 0.05) is 42.0 Å². The van der Waals surface area contributed by atoms with Crippen molar-refractivity contribution in [2.24, 2.45) is 0 Å². The van der Waals surface area contributed by atoms with Crippen molar-refractivity contribution in [2.75, 3.05) is 26.9 Å². The second-order valence-corrected chi connectivity index (χ2v) is 8.28. The van der Waals surface area contributed by atoms with Gasteiger partial charge < -0.3 is 15.4 Å². The number of ether oxygens (including phenoxy) is 1. The first-order valence-corrected chi connectivity index (χ1v) is 10.6. The van der Waals surface area contributed by atoms with Gasteiger partial charge in [0.15, 0.2) is 5.65 Å². The Hall–Kier alpha value is -3.72. The lowest BCUT2D eigenvalue weighted by Crippen LogP contribution is -2.22. The summed E-state index contributed by atoms with van der Waals surface area (Å²) in [7, 11) is 4.99. The van der Waals surface area contributed by atoms with Crippen molar-refractivity contribution in [3.63, 3.8) is 0 Å². The molecule has 3 aromatic heterocycles. The van der Waals surface area contributed by atoms with Crippen molar-refractivity contribution in [2.45, 2.75) is 19.9 Å². The number of benzene rings is 1. The van der Waals surface area contributed by atoms with Crippen molar-refractivity contribution in [3.05, 3.63) is 58.8 Å². The lowest BCUT2D eigenvalue weighted by molar-refractivity contribution is 0.0822. The summed E-state index contributed by atoms with van der Waals surface area (Å²) in [6.45, 7) is 3.90. The predicted octanol–water partition coefficient (Wildman–Crippen LogP) is 3.75. The van der Waals surface area contributed by atoms with Crippen molar-refractivity contribution in [1.82, 2.24) is 29.6 Å². The zero-order chi connectivity index (χ0) is 23.9. The fraction of sp³-hybridized carbons (Fsp3) is 0.261. The van der Waals surface area contributed by atoms with Gasteiger partial charge in [-0.05, 0) is 31.5 Å². The molecule has 0 aliphatic carbocycles. The molecule has 170 valence electrons. The number of fused-ring (bicyclic) bond motifs is 1. The van der Waals surface area contributed by atoms with Crippen LogP contribution in [-0.2, 0) is 0 Å². The second-order valence-electron chi connectivity index (χ2n) is 7.87. The van der Waals surface area contributed by atoms with Gasteiger partial charge in [-0.15, -0.1) is 0 Å². The molecule has 33 heavy (non-hydrogen) atoms. The van der Waals surface area contributed by atoms with E-state index in [1.165, 1.54) is 11.2 Å². The maximum atomic E-state index is 12.2. The third kappa shape index (κ3) is 3.84. The first-order chi connectivity index (χ1) is 15.7. The van der Waals surface area contributed by atoms with E-state index in [1.54, 1.807) is 44.3 Å². The van der Waals surface area contributed by atoms with Gasteiger partial charge in [-0.1, -0.05) is 17.7 Å². The van der Waals surface area contributed by atoms with Crippen LogP contribution in [0, 0.1) is 6.92 Å². The van der Waals surface area contributed by atoms with Crippen LogP contribution in [0.15, 0.2) is 36.9 Å². The minimum absolute atomic E-state index is 0.169. The van der Waals surface area contributed by atoms with Crippen LogP contribution in [-0.4, -0.2) is 56.7 Å². The molecule has 1 unspecified atom stereocenters. The van der Waals surface area contributed by atoms with E-state index in [0.717, 1.165) is 22.3 Å². The molecule has 9 nitrogen and oxygen atoms in total. The molecule has 1 atom stereocenters. The van der Waals surface area contributed by atoms with E-state index in [0.29, 0.717) is 33.3 Å². The van der Waals surface area contributed by atoms with Crippen LogP contribution in [0.2, 0.25) is 5.02 Å². The highest BCUT2D eigenvalue weighted by atomic mass is 35.5. The highest BCUT2D eigenvalue weighted by molar-refractivity contribution is 6.32. The van der Waals surface area contributed by atoms with E-state index >= 15 is 0 Å². The summed E-state index contributed by atoms with van der Waals surface area (Å²) in [4.78, 5) is 26.5. The summed E-state index contributed by atoms with van der Waals surface area (Å²) in [5.74, 6) is 0.840. The number of carbonyl (C=O) groups is 1. The molecule has 1 amide bonds. The summed E-state index contributed by atoms with van der Waals surface area (Å²) in [5, 5.41) is 5.74. The highest BCUT2D eigenvalue weighted by Gasteiger charge is 2.24. The number of halogens is 1. The van der Waals surface area contributed by atoms with Crippen molar-refractivity contribution >= 4 is 34.4 Å². The van der Waals surface area contributed by atoms with E-state index in [9.17, 15) is 4.79 Å². The summed E-state index contributed by atoms with van der Waals surface area (Å²) in [6.07, 6.45) is 4.72. The molecule has 0 saturated carbocycles. The molecule has 10 heteroatoms. The molecule has 0 aliphatic heterocycles. The third-order valence-electron chi connectivity index (χ3n) is 5.63. The molecular weight excluding hydrogens is 442 g/mol. The van der Waals surface area contributed by atoms with Crippen molar-refractivity contribution in [3.8, 4) is 16.9 Å². The molecule has 0 aliphatic rings. The quantitative estimate of drug-likeness (QED) is 0.477. The Kier molecular flexibility index (Phi) is 5.90. The van der Waals surface area contributed by atoms with Crippen LogP contribution in [0.25, 0.3) is 22.2 Å². The molecule has 0 saturated heterocycles. The number of aromatic nitrogens is 5. The summed E-state index contributed by atoms with van der Waals surface area (Å²) in [6, 6.07) is 5.14. The second kappa shape index (κ2) is 8.67. The van der Waals surface area contributed by atoms with Crippen LogP contribution in [0.4, 0.5) is 5.82 Å². The monoisotopic (exact) mass is 465 g/mol. The average Bonchev–Trinajstić information content (AvgIpc) is 3.25. The number of nitrogens with two attached hydrogens (primary N) is 1. The Bertz CT molecular complexity index is 1350. The number of nitrogen functional groups attached to an aromatic ring is 1. The van der Waals surface area contributed by atoms with E-state index in [2.05, 4.69) is 20.1 Å². The number of amides is 1. The van der Waals surface area contributed by atoms with E-state index in [1.807, 2.05) is 26.0 Å². The molecule has 0 radical (unpaired) electrons. The largest absolute Gasteiger partial charge is 0.496 e. The van der Waals surface area contributed by atoms with Crippen LogP contribution < -0.4 is 10.5 Å². The number of hydrogen-bond acceptors (Lipinski definition) is 7. The van der Waals surface area contributed by atoms with Crippen LogP contribution >= 0.6 is 11.6 Å². The van der Waals surface area contributed by atoms with Crippen molar-refractivity contribution < 1.29 is 9.53 Å². The molecule has 3 heterocycles. The standard InChI is InChI=1S/C23H24ClN7O2/c1-12-17(24)8-15(13(2)31-22-16(10-29-31)21(25)27-11-28-22)20(33-5)19(12)14-6-7-18(26-9-14)23(32)30(3)4/h6-11,13H,1-5H3,(H2,25,27,28). The van der Waals surface area contributed by atoms with Gasteiger partial charge >= 0.3 is 0 Å². The smallest absolute Gasteiger partial charge is 0.271 e. The Morgan fingerprint density at radius 3 is 2.61 bits per heavy atom. The van der Waals surface area contributed by atoms with E-state index < -0.39 is 0 Å². The number of hydrogen-bond donors (Lipinski definition) is 1.